The third-order valence-electron chi connectivity index (χ3n) is 3.30. The normalized spacial score (nSPS) is 19.4. The smallest absolute Gasteiger partial charge is 0.141 e. The lowest BCUT2D eigenvalue weighted by atomic mass is 10.1. The third kappa shape index (κ3) is 2.57. The number of nitrogens with one attached hydrogen (secondary N) is 1. The summed E-state index contributed by atoms with van der Waals surface area (Å²) in [6.07, 6.45) is 5.01. The molecule has 0 saturated heterocycles. The van der Waals surface area contributed by atoms with Gasteiger partial charge in [0.2, 0.25) is 0 Å². The van der Waals surface area contributed by atoms with Gasteiger partial charge in [-0.2, -0.15) is 0 Å². The summed E-state index contributed by atoms with van der Waals surface area (Å²) in [6.45, 7) is 2.99. The molecule has 88 valence electrons. The molecule has 1 fully saturated rings. The molecule has 0 aromatic carbocycles. The molecule has 1 aromatic heterocycles. The summed E-state index contributed by atoms with van der Waals surface area (Å²) in [4.78, 5) is 3.82. The first-order valence-electron chi connectivity index (χ1n) is 5.60. The van der Waals surface area contributed by atoms with E-state index in [4.69, 9.17) is 0 Å². The van der Waals surface area contributed by atoms with Gasteiger partial charge in [-0.25, -0.2) is 4.39 Å². The van der Waals surface area contributed by atoms with Crippen LogP contribution in [0.1, 0.15) is 31.4 Å². The number of aliphatic hydroxyl groups excluding tert-OH is 1. The number of aromatic nitrogens is 1. The van der Waals surface area contributed by atoms with Gasteiger partial charge in [-0.05, 0) is 31.4 Å². The van der Waals surface area contributed by atoms with Crippen molar-refractivity contribution in [1.82, 2.24) is 10.3 Å². The van der Waals surface area contributed by atoms with Crippen molar-refractivity contribution < 1.29 is 9.50 Å². The van der Waals surface area contributed by atoms with Gasteiger partial charge in [-0.15, -0.1) is 0 Å². The average molecular weight is 224 g/mol. The van der Waals surface area contributed by atoms with Crippen LogP contribution in [0.4, 0.5) is 4.39 Å². The molecule has 2 N–H and O–H groups in total. The van der Waals surface area contributed by atoms with Crippen LogP contribution in [0.3, 0.4) is 0 Å². The maximum atomic E-state index is 12.9. The fraction of sp³-hybridized carbons (Fsp3) is 0.583. The Balaban J connectivity index is 1.90. The molecule has 4 heteroatoms. The van der Waals surface area contributed by atoms with Gasteiger partial charge < -0.3 is 10.4 Å². The second-order valence-electron chi connectivity index (χ2n) is 4.70. The highest BCUT2D eigenvalue weighted by Gasteiger charge is 2.41. The Kier molecular flexibility index (Phi) is 3.21. The van der Waals surface area contributed by atoms with E-state index in [-0.39, 0.29) is 23.9 Å². The monoisotopic (exact) mass is 224 g/mol. The van der Waals surface area contributed by atoms with Crippen molar-refractivity contribution in [3.05, 3.63) is 29.8 Å². The van der Waals surface area contributed by atoms with Gasteiger partial charge >= 0.3 is 0 Å². The van der Waals surface area contributed by atoms with Crippen molar-refractivity contribution in [3.8, 4) is 0 Å². The van der Waals surface area contributed by atoms with E-state index >= 15 is 0 Å². The van der Waals surface area contributed by atoms with Crippen LogP contribution in [0.2, 0.25) is 0 Å². The summed E-state index contributed by atoms with van der Waals surface area (Å²) in [5, 5.41) is 12.5. The lowest BCUT2D eigenvalue weighted by Crippen LogP contribution is -2.28. The highest BCUT2D eigenvalue weighted by atomic mass is 19.1. The van der Waals surface area contributed by atoms with Crippen molar-refractivity contribution in [2.75, 3.05) is 13.2 Å². The molecule has 0 bridgehead atoms. The quantitative estimate of drug-likeness (QED) is 0.799. The Labute approximate surface area is 94.7 Å². The lowest BCUT2D eigenvalue weighted by molar-refractivity contribution is 0.204. The lowest BCUT2D eigenvalue weighted by Gasteiger charge is -2.18. The molecular weight excluding hydrogens is 207 g/mol. The fourth-order valence-corrected chi connectivity index (χ4v) is 1.72. The Bertz CT molecular complexity index is 366. The van der Waals surface area contributed by atoms with Crippen LogP contribution in [-0.4, -0.2) is 23.2 Å². The second-order valence-corrected chi connectivity index (χ2v) is 4.70. The second kappa shape index (κ2) is 4.47. The van der Waals surface area contributed by atoms with Crippen molar-refractivity contribution in [2.24, 2.45) is 5.41 Å². The van der Waals surface area contributed by atoms with Crippen LogP contribution in [0, 0.1) is 11.2 Å². The maximum absolute atomic E-state index is 12.9. The minimum absolute atomic E-state index is 0.0622. The van der Waals surface area contributed by atoms with Crippen LogP contribution < -0.4 is 5.32 Å². The van der Waals surface area contributed by atoms with Gasteiger partial charge in [-0.1, -0.05) is 0 Å². The van der Waals surface area contributed by atoms with E-state index < -0.39 is 0 Å². The van der Waals surface area contributed by atoms with Crippen LogP contribution in [0.5, 0.6) is 0 Å². The minimum Gasteiger partial charge on any atom is -0.396 e. The molecule has 1 aliphatic rings. The van der Waals surface area contributed by atoms with Crippen molar-refractivity contribution >= 4 is 0 Å². The molecule has 1 aliphatic carbocycles. The molecule has 0 radical (unpaired) electrons. The van der Waals surface area contributed by atoms with Crippen LogP contribution in [0.25, 0.3) is 0 Å². The first-order valence-corrected chi connectivity index (χ1v) is 5.60. The van der Waals surface area contributed by atoms with Gasteiger partial charge in [-0.3, -0.25) is 4.98 Å². The number of hydrogen-bond donors (Lipinski definition) is 2. The number of aliphatic hydroxyl groups is 1. The standard InChI is InChI=1S/C12H17FN2O/c1-9(10-4-11(13)6-14-5-10)15-7-12(8-16)2-3-12/h4-6,9,15-16H,2-3,7-8H2,1H3. The Morgan fingerprint density at radius 1 is 1.56 bits per heavy atom. The zero-order chi connectivity index (χ0) is 11.6. The van der Waals surface area contributed by atoms with Crippen molar-refractivity contribution in [3.63, 3.8) is 0 Å². The van der Waals surface area contributed by atoms with Crippen LogP contribution in [0.15, 0.2) is 18.5 Å². The Hall–Kier alpha value is -1.00. The van der Waals surface area contributed by atoms with Gasteiger partial charge in [0.25, 0.3) is 0 Å². The van der Waals surface area contributed by atoms with Crippen molar-refractivity contribution in [2.45, 2.75) is 25.8 Å². The predicted molar refractivity (Wildman–Crippen MR) is 59.4 cm³/mol. The number of hydrogen-bond acceptors (Lipinski definition) is 3. The number of halogens is 1. The highest BCUT2D eigenvalue weighted by Crippen LogP contribution is 2.44. The third-order valence-corrected chi connectivity index (χ3v) is 3.30. The van der Waals surface area contributed by atoms with Gasteiger partial charge in [0.1, 0.15) is 5.82 Å². The average Bonchev–Trinajstić information content (AvgIpc) is 3.07. The van der Waals surface area contributed by atoms with E-state index in [0.29, 0.717) is 0 Å². The molecule has 0 aliphatic heterocycles. The van der Waals surface area contributed by atoms with Crippen LogP contribution >= 0.6 is 0 Å². The summed E-state index contributed by atoms with van der Waals surface area (Å²) in [6, 6.07) is 1.55. The Morgan fingerprint density at radius 2 is 2.31 bits per heavy atom. The predicted octanol–water partition coefficient (Wildman–Crippen LogP) is 1.64. The zero-order valence-corrected chi connectivity index (χ0v) is 9.41. The molecule has 1 saturated carbocycles. The summed E-state index contributed by atoms with van der Waals surface area (Å²) in [5.74, 6) is -0.311. The molecule has 1 atom stereocenters. The first kappa shape index (κ1) is 11.5. The first-order chi connectivity index (χ1) is 7.65. The number of rotatable bonds is 5. The summed E-state index contributed by atoms with van der Waals surface area (Å²) >= 11 is 0. The zero-order valence-electron chi connectivity index (χ0n) is 9.41. The highest BCUT2D eigenvalue weighted by molar-refractivity contribution is 5.14. The number of pyridine rings is 1. The topological polar surface area (TPSA) is 45.1 Å². The summed E-state index contributed by atoms with van der Waals surface area (Å²) in [5.41, 5.74) is 0.920. The molecule has 1 heterocycles. The summed E-state index contributed by atoms with van der Waals surface area (Å²) in [7, 11) is 0. The molecule has 0 spiro atoms. The SMILES string of the molecule is CC(NCC1(CO)CC1)c1cncc(F)c1. The Morgan fingerprint density at radius 3 is 2.88 bits per heavy atom. The van der Waals surface area contributed by atoms with E-state index in [1.54, 1.807) is 6.20 Å². The van der Waals surface area contributed by atoms with Gasteiger partial charge in [0.05, 0.1) is 6.20 Å². The van der Waals surface area contributed by atoms with Crippen LogP contribution in [-0.2, 0) is 0 Å². The van der Waals surface area contributed by atoms with E-state index in [0.717, 1.165) is 24.9 Å². The molecular formula is C12H17FN2O. The molecule has 3 nitrogen and oxygen atoms in total. The maximum Gasteiger partial charge on any atom is 0.141 e. The molecule has 1 aromatic rings. The van der Waals surface area contributed by atoms with E-state index in [2.05, 4.69) is 10.3 Å². The summed E-state index contributed by atoms with van der Waals surface area (Å²) < 4.78 is 12.9. The fourth-order valence-electron chi connectivity index (χ4n) is 1.72. The minimum atomic E-state index is -0.311. The van der Waals surface area contributed by atoms with E-state index in [1.165, 1.54) is 12.3 Å². The van der Waals surface area contributed by atoms with Gasteiger partial charge in [0, 0.05) is 30.8 Å². The largest absolute Gasteiger partial charge is 0.396 e. The van der Waals surface area contributed by atoms with Crippen molar-refractivity contribution in [1.29, 1.82) is 0 Å². The van der Waals surface area contributed by atoms with Gasteiger partial charge in [0.15, 0.2) is 0 Å². The number of nitrogens with zero attached hydrogens (tertiary/aromatic N) is 1. The van der Waals surface area contributed by atoms with E-state index in [9.17, 15) is 9.50 Å². The molecule has 16 heavy (non-hydrogen) atoms. The molecule has 0 amide bonds. The van der Waals surface area contributed by atoms with E-state index in [1.807, 2.05) is 6.92 Å². The molecule has 2 rings (SSSR count). The molecule has 1 unspecified atom stereocenters.